The second kappa shape index (κ2) is 12.4. The Balaban J connectivity index is 1.58. The van der Waals surface area contributed by atoms with Gasteiger partial charge in [-0.05, 0) is 96.8 Å². The van der Waals surface area contributed by atoms with Gasteiger partial charge in [0.05, 0.1) is 0 Å². The molecule has 0 aromatic heterocycles. The van der Waals surface area contributed by atoms with Gasteiger partial charge in [-0.25, -0.2) is 0 Å². The molecule has 0 aliphatic heterocycles. The lowest BCUT2D eigenvalue weighted by Crippen LogP contribution is -2.27. The maximum atomic E-state index is 6.05. The molecule has 4 aromatic rings. The molecular formula is C33H38N2O2. The van der Waals surface area contributed by atoms with Crippen LogP contribution in [0.1, 0.15) is 63.5 Å². The van der Waals surface area contributed by atoms with Crippen LogP contribution in [0.4, 0.5) is 11.4 Å². The number of hydrogen-bond acceptors (Lipinski definition) is 4. The first kappa shape index (κ1) is 26.2. The zero-order valence-corrected chi connectivity index (χ0v) is 22.0. The normalized spacial score (nSPS) is 11.3. The third-order valence-corrected chi connectivity index (χ3v) is 7.11. The summed E-state index contributed by atoms with van der Waals surface area (Å²) >= 11 is 0. The van der Waals surface area contributed by atoms with Gasteiger partial charge >= 0.3 is 0 Å². The number of nitrogen functional groups attached to an aromatic ring is 2. The molecule has 0 atom stereocenters. The van der Waals surface area contributed by atoms with Crippen LogP contribution in [0.3, 0.4) is 0 Å². The summed E-state index contributed by atoms with van der Waals surface area (Å²) in [5.41, 5.74) is 15.6. The smallest absolute Gasteiger partial charge is 0.127 e. The van der Waals surface area contributed by atoms with Crippen molar-refractivity contribution in [1.29, 1.82) is 0 Å². The van der Waals surface area contributed by atoms with Gasteiger partial charge in [-0.3, -0.25) is 0 Å². The lowest BCUT2D eigenvalue weighted by Gasteiger charge is -2.35. The molecule has 0 radical (unpaired) electrons. The summed E-state index contributed by atoms with van der Waals surface area (Å²) < 4.78 is 12.1. The van der Waals surface area contributed by atoms with E-state index in [0.29, 0.717) is 0 Å². The minimum atomic E-state index is -0.0762. The molecule has 0 aliphatic carbocycles. The van der Waals surface area contributed by atoms with E-state index in [2.05, 4.69) is 62.4 Å². The number of rotatable bonds is 12. The number of ether oxygens (including phenoxy) is 2. The predicted molar refractivity (Wildman–Crippen MR) is 155 cm³/mol. The Bertz CT molecular complexity index is 1140. The molecule has 4 rings (SSSR count). The van der Waals surface area contributed by atoms with Crippen molar-refractivity contribution in [3.05, 3.63) is 108 Å². The van der Waals surface area contributed by atoms with E-state index in [1.54, 1.807) is 0 Å². The van der Waals surface area contributed by atoms with E-state index in [9.17, 15) is 0 Å². The van der Waals surface area contributed by atoms with Crippen molar-refractivity contribution in [3.63, 3.8) is 0 Å². The van der Waals surface area contributed by atoms with Crippen molar-refractivity contribution < 1.29 is 9.47 Å². The third kappa shape index (κ3) is 6.65. The lowest BCUT2D eigenvalue weighted by atomic mass is 9.69. The van der Waals surface area contributed by atoms with E-state index in [4.69, 9.17) is 20.9 Å². The topological polar surface area (TPSA) is 70.5 Å². The molecule has 0 fully saturated rings. The van der Waals surface area contributed by atoms with Gasteiger partial charge in [-0.2, -0.15) is 0 Å². The zero-order valence-electron chi connectivity index (χ0n) is 22.0. The minimum absolute atomic E-state index is 0.0762. The van der Waals surface area contributed by atoms with Crippen LogP contribution in [0.25, 0.3) is 0 Å². The van der Waals surface area contributed by atoms with Crippen LogP contribution in [0.2, 0.25) is 0 Å². The fourth-order valence-electron chi connectivity index (χ4n) is 4.92. The molecule has 192 valence electrons. The van der Waals surface area contributed by atoms with Crippen LogP contribution in [0.15, 0.2) is 97.1 Å². The Morgan fingerprint density at radius 1 is 0.514 bits per heavy atom. The molecule has 0 aliphatic rings. The fraction of sp³-hybridized carbons (Fsp3) is 0.273. The second-order valence-corrected chi connectivity index (χ2v) is 9.64. The summed E-state index contributed by atoms with van der Waals surface area (Å²) in [5, 5.41) is 0. The third-order valence-electron chi connectivity index (χ3n) is 7.11. The summed E-state index contributed by atoms with van der Waals surface area (Å²) in [7, 11) is 0. The van der Waals surface area contributed by atoms with Crippen LogP contribution in [0, 0.1) is 0 Å². The van der Waals surface area contributed by atoms with Crippen LogP contribution < -0.4 is 20.9 Å². The molecule has 0 amide bonds. The standard InChI is InChI=1S/C33H38N2O2/c1-3-5-6-7-24-33(4-2,25-8-16-29(17-9-25)36-31-20-12-27(34)13-21-31)26-10-18-30(19-11-26)37-32-22-14-28(35)15-23-32/h8-23H,3-7,24,34-35H2,1-2H3. The van der Waals surface area contributed by atoms with Gasteiger partial charge in [0, 0.05) is 16.8 Å². The molecule has 0 bridgehead atoms. The van der Waals surface area contributed by atoms with Crippen LogP contribution in [0.5, 0.6) is 23.0 Å². The predicted octanol–water partition coefficient (Wildman–Crippen LogP) is 9.10. The van der Waals surface area contributed by atoms with Gasteiger partial charge in [0.15, 0.2) is 0 Å². The SMILES string of the molecule is CCCCCCC(CC)(c1ccc(Oc2ccc(N)cc2)cc1)c1ccc(Oc2ccc(N)cc2)cc1. The highest BCUT2D eigenvalue weighted by Crippen LogP contribution is 2.42. The Morgan fingerprint density at radius 2 is 0.892 bits per heavy atom. The molecule has 0 unspecified atom stereocenters. The molecule has 4 heteroatoms. The van der Waals surface area contributed by atoms with Crippen molar-refractivity contribution in [1.82, 2.24) is 0 Å². The zero-order chi connectivity index (χ0) is 26.1. The molecule has 37 heavy (non-hydrogen) atoms. The average molecular weight is 495 g/mol. The van der Waals surface area contributed by atoms with E-state index in [-0.39, 0.29) is 5.41 Å². The van der Waals surface area contributed by atoms with Crippen molar-refractivity contribution in [2.45, 2.75) is 57.8 Å². The number of anilines is 2. The van der Waals surface area contributed by atoms with Gasteiger partial charge in [0.1, 0.15) is 23.0 Å². The average Bonchev–Trinajstić information content (AvgIpc) is 2.93. The van der Waals surface area contributed by atoms with E-state index < -0.39 is 0 Å². The molecule has 0 spiro atoms. The first-order chi connectivity index (χ1) is 18.0. The summed E-state index contributed by atoms with van der Waals surface area (Å²) in [4.78, 5) is 0. The molecule has 4 nitrogen and oxygen atoms in total. The van der Waals surface area contributed by atoms with E-state index in [1.807, 2.05) is 48.5 Å². The Morgan fingerprint density at radius 3 is 1.24 bits per heavy atom. The molecule has 0 saturated carbocycles. The van der Waals surface area contributed by atoms with Gasteiger partial charge in [0.2, 0.25) is 0 Å². The number of unbranched alkanes of at least 4 members (excludes halogenated alkanes) is 3. The van der Waals surface area contributed by atoms with Gasteiger partial charge in [-0.1, -0.05) is 63.8 Å². The van der Waals surface area contributed by atoms with E-state index in [1.165, 1.54) is 36.8 Å². The van der Waals surface area contributed by atoms with E-state index in [0.717, 1.165) is 47.2 Å². The van der Waals surface area contributed by atoms with Crippen molar-refractivity contribution in [2.75, 3.05) is 11.5 Å². The molecule has 4 N–H and O–H groups in total. The Kier molecular flexibility index (Phi) is 8.73. The molecular weight excluding hydrogens is 456 g/mol. The quantitative estimate of drug-likeness (QED) is 0.152. The lowest BCUT2D eigenvalue weighted by molar-refractivity contribution is 0.425. The summed E-state index contributed by atoms with van der Waals surface area (Å²) in [5.74, 6) is 3.19. The van der Waals surface area contributed by atoms with Gasteiger partial charge in [-0.15, -0.1) is 0 Å². The number of benzene rings is 4. The summed E-state index contributed by atoms with van der Waals surface area (Å²) in [6.07, 6.45) is 7.04. The number of nitrogens with two attached hydrogens (primary N) is 2. The van der Waals surface area contributed by atoms with Crippen LogP contribution in [-0.2, 0) is 5.41 Å². The largest absolute Gasteiger partial charge is 0.457 e. The second-order valence-electron chi connectivity index (χ2n) is 9.64. The Hall–Kier alpha value is -3.92. The fourth-order valence-corrected chi connectivity index (χ4v) is 4.92. The van der Waals surface area contributed by atoms with Crippen molar-refractivity contribution in [2.24, 2.45) is 0 Å². The highest BCUT2D eigenvalue weighted by Gasteiger charge is 2.32. The van der Waals surface area contributed by atoms with Crippen LogP contribution >= 0.6 is 0 Å². The maximum absolute atomic E-state index is 6.05. The van der Waals surface area contributed by atoms with Gasteiger partial charge in [0.25, 0.3) is 0 Å². The minimum Gasteiger partial charge on any atom is -0.457 e. The monoisotopic (exact) mass is 494 g/mol. The first-order valence-corrected chi connectivity index (χ1v) is 13.3. The highest BCUT2D eigenvalue weighted by molar-refractivity contribution is 5.47. The van der Waals surface area contributed by atoms with Crippen molar-refractivity contribution in [3.8, 4) is 23.0 Å². The Labute approximate surface area is 221 Å². The van der Waals surface area contributed by atoms with Crippen LogP contribution in [-0.4, -0.2) is 0 Å². The summed E-state index contributed by atoms with van der Waals surface area (Å²) in [6, 6.07) is 32.1. The summed E-state index contributed by atoms with van der Waals surface area (Å²) in [6.45, 7) is 4.55. The number of hydrogen-bond donors (Lipinski definition) is 2. The maximum Gasteiger partial charge on any atom is 0.127 e. The first-order valence-electron chi connectivity index (χ1n) is 13.3. The molecule has 0 saturated heterocycles. The van der Waals surface area contributed by atoms with Gasteiger partial charge < -0.3 is 20.9 Å². The van der Waals surface area contributed by atoms with E-state index >= 15 is 0 Å². The molecule has 0 heterocycles. The molecule has 4 aromatic carbocycles. The van der Waals surface area contributed by atoms with Crippen molar-refractivity contribution >= 4 is 11.4 Å². The highest BCUT2D eigenvalue weighted by atomic mass is 16.5.